The van der Waals surface area contributed by atoms with Gasteiger partial charge >= 0.3 is 0 Å². The summed E-state index contributed by atoms with van der Waals surface area (Å²) >= 11 is 0. The van der Waals surface area contributed by atoms with E-state index < -0.39 is 0 Å². The molecule has 2 unspecified atom stereocenters. The molecule has 4 heteroatoms. The van der Waals surface area contributed by atoms with Crippen molar-refractivity contribution >= 4 is 10.9 Å². The van der Waals surface area contributed by atoms with Gasteiger partial charge < -0.3 is 9.72 Å². The Morgan fingerprint density at radius 1 is 1.13 bits per heavy atom. The minimum absolute atomic E-state index is 0.102. The number of aromatic nitrogens is 2. The van der Waals surface area contributed by atoms with E-state index in [2.05, 4.69) is 23.8 Å². The molecule has 3 rings (SSSR count). The van der Waals surface area contributed by atoms with Crippen molar-refractivity contribution < 1.29 is 9.13 Å². The van der Waals surface area contributed by atoms with E-state index in [0.717, 1.165) is 22.9 Å². The molecule has 0 aliphatic rings. The Bertz CT molecular complexity index is 766. The maximum atomic E-state index is 12.9. The first-order valence-corrected chi connectivity index (χ1v) is 7.89. The van der Waals surface area contributed by atoms with Gasteiger partial charge in [0, 0.05) is 24.0 Å². The highest BCUT2D eigenvalue weighted by atomic mass is 19.1. The second-order valence-corrected chi connectivity index (χ2v) is 6.06. The lowest BCUT2D eigenvalue weighted by Gasteiger charge is -2.21. The molecule has 2 heterocycles. The van der Waals surface area contributed by atoms with Gasteiger partial charge in [0.1, 0.15) is 5.82 Å². The number of H-pyrrole nitrogens is 1. The summed E-state index contributed by atoms with van der Waals surface area (Å²) in [7, 11) is 0. The molecule has 0 saturated heterocycles. The van der Waals surface area contributed by atoms with Crippen LogP contribution in [0.25, 0.3) is 10.9 Å². The molecular formula is C19H21FN2O. The standard InChI is InChI=1S/C19H21FN2O/c1-13(9-17-11-21-10-16-7-8-22-19(16)17)14(2)23-12-15-3-5-18(20)6-4-15/h3-8,10-11,13-14,22H,9,12H2,1-2H3. The van der Waals surface area contributed by atoms with Crippen LogP contribution in [-0.4, -0.2) is 16.1 Å². The van der Waals surface area contributed by atoms with E-state index in [1.165, 1.54) is 17.7 Å². The summed E-state index contributed by atoms with van der Waals surface area (Å²) in [5.41, 5.74) is 3.34. The molecule has 2 atom stereocenters. The minimum atomic E-state index is -0.221. The SMILES string of the molecule is CC(Cc1cncc2cc[nH]c12)C(C)OCc1ccc(F)cc1. The van der Waals surface area contributed by atoms with Gasteiger partial charge in [-0.1, -0.05) is 19.1 Å². The van der Waals surface area contributed by atoms with Crippen molar-refractivity contribution in [2.24, 2.45) is 5.92 Å². The minimum Gasteiger partial charge on any atom is -0.374 e. The molecule has 3 aromatic rings. The van der Waals surface area contributed by atoms with Gasteiger partial charge in [-0.2, -0.15) is 0 Å². The van der Waals surface area contributed by atoms with Crippen molar-refractivity contribution in [2.75, 3.05) is 0 Å². The molecular weight excluding hydrogens is 291 g/mol. The highest BCUT2D eigenvalue weighted by Crippen LogP contribution is 2.21. The third kappa shape index (κ3) is 3.77. The molecule has 120 valence electrons. The Labute approximate surface area is 135 Å². The maximum absolute atomic E-state index is 12.9. The van der Waals surface area contributed by atoms with E-state index in [4.69, 9.17) is 4.74 Å². The Morgan fingerprint density at radius 3 is 2.70 bits per heavy atom. The number of rotatable bonds is 6. The number of ether oxygens (including phenoxy) is 1. The van der Waals surface area contributed by atoms with E-state index in [-0.39, 0.29) is 11.9 Å². The molecule has 1 aromatic carbocycles. The van der Waals surface area contributed by atoms with Crippen LogP contribution in [0.3, 0.4) is 0 Å². The van der Waals surface area contributed by atoms with Crippen LogP contribution in [0.5, 0.6) is 0 Å². The molecule has 1 N–H and O–H groups in total. The van der Waals surface area contributed by atoms with E-state index in [0.29, 0.717) is 12.5 Å². The molecule has 23 heavy (non-hydrogen) atoms. The van der Waals surface area contributed by atoms with Crippen LogP contribution in [0, 0.1) is 11.7 Å². The summed E-state index contributed by atoms with van der Waals surface area (Å²) in [5.74, 6) is 0.132. The number of halogens is 1. The summed E-state index contributed by atoms with van der Waals surface area (Å²) in [5, 5.41) is 1.13. The molecule has 0 amide bonds. The molecule has 0 bridgehead atoms. The highest BCUT2D eigenvalue weighted by molar-refractivity contribution is 5.81. The third-order valence-corrected chi connectivity index (χ3v) is 4.31. The summed E-state index contributed by atoms with van der Waals surface area (Å²) in [6.07, 6.45) is 6.73. The van der Waals surface area contributed by atoms with Crippen molar-refractivity contribution in [3.8, 4) is 0 Å². The van der Waals surface area contributed by atoms with Crippen LogP contribution in [-0.2, 0) is 17.8 Å². The van der Waals surface area contributed by atoms with Crippen LogP contribution >= 0.6 is 0 Å². The quantitative estimate of drug-likeness (QED) is 0.728. The fourth-order valence-electron chi connectivity index (χ4n) is 2.68. The average Bonchev–Trinajstić information content (AvgIpc) is 3.03. The van der Waals surface area contributed by atoms with E-state index in [1.54, 1.807) is 12.1 Å². The number of aromatic amines is 1. The number of hydrogen-bond acceptors (Lipinski definition) is 2. The first-order chi connectivity index (χ1) is 11.1. The number of nitrogens with zero attached hydrogens (tertiary/aromatic N) is 1. The van der Waals surface area contributed by atoms with Gasteiger partial charge in [-0.05, 0) is 48.6 Å². The van der Waals surface area contributed by atoms with Gasteiger partial charge in [0.2, 0.25) is 0 Å². The zero-order valence-electron chi connectivity index (χ0n) is 13.4. The van der Waals surface area contributed by atoms with Gasteiger partial charge in [0.05, 0.1) is 18.2 Å². The fourth-order valence-corrected chi connectivity index (χ4v) is 2.68. The first kappa shape index (κ1) is 15.7. The largest absolute Gasteiger partial charge is 0.374 e. The van der Waals surface area contributed by atoms with Crippen molar-refractivity contribution in [2.45, 2.75) is 33.0 Å². The van der Waals surface area contributed by atoms with Gasteiger partial charge in [0.15, 0.2) is 0 Å². The Balaban J connectivity index is 1.60. The van der Waals surface area contributed by atoms with E-state index >= 15 is 0 Å². The van der Waals surface area contributed by atoms with Crippen molar-refractivity contribution in [3.05, 3.63) is 65.9 Å². The number of hydrogen-bond donors (Lipinski definition) is 1. The Morgan fingerprint density at radius 2 is 1.91 bits per heavy atom. The summed E-state index contributed by atoms with van der Waals surface area (Å²) < 4.78 is 18.8. The molecule has 2 aromatic heterocycles. The Kier molecular flexibility index (Phi) is 4.72. The van der Waals surface area contributed by atoms with Gasteiger partial charge in [-0.15, -0.1) is 0 Å². The molecule has 0 radical (unpaired) electrons. The molecule has 0 aliphatic carbocycles. The van der Waals surface area contributed by atoms with Crippen LogP contribution in [0.1, 0.15) is 25.0 Å². The normalized spacial score (nSPS) is 14.0. The molecule has 0 aliphatic heterocycles. The molecule has 0 spiro atoms. The molecule has 0 fully saturated rings. The highest BCUT2D eigenvalue weighted by Gasteiger charge is 2.15. The predicted octanol–water partition coefficient (Wildman–Crippen LogP) is 4.49. The van der Waals surface area contributed by atoms with Crippen LogP contribution in [0.4, 0.5) is 4.39 Å². The summed E-state index contributed by atoms with van der Waals surface area (Å²) in [6, 6.07) is 8.48. The van der Waals surface area contributed by atoms with Crippen LogP contribution in [0.2, 0.25) is 0 Å². The number of fused-ring (bicyclic) bond motifs is 1. The number of benzene rings is 1. The third-order valence-electron chi connectivity index (χ3n) is 4.31. The topological polar surface area (TPSA) is 37.9 Å². The van der Waals surface area contributed by atoms with Gasteiger partial charge in [-0.25, -0.2) is 4.39 Å². The maximum Gasteiger partial charge on any atom is 0.123 e. The lowest BCUT2D eigenvalue weighted by molar-refractivity contribution is 0.0186. The molecule has 0 saturated carbocycles. The predicted molar refractivity (Wildman–Crippen MR) is 89.6 cm³/mol. The van der Waals surface area contributed by atoms with Crippen LogP contribution < -0.4 is 0 Å². The average molecular weight is 312 g/mol. The number of nitrogens with one attached hydrogen (secondary N) is 1. The zero-order valence-corrected chi connectivity index (χ0v) is 13.4. The smallest absolute Gasteiger partial charge is 0.123 e. The monoisotopic (exact) mass is 312 g/mol. The summed E-state index contributed by atoms with van der Waals surface area (Å²) in [6.45, 7) is 4.75. The summed E-state index contributed by atoms with van der Waals surface area (Å²) in [4.78, 5) is 7.58. The second kappa shape index (κ2) is 6.92. The first-order valence-electron chi connectivity index (χ1n) is 7.89. The van der Waals surface area contributed by atoms with Gasteiger partial charge in [0.25, 0.3) is 0 Å². The molecule has 3 nitrogen and oxygen atoms in total. The van der Waals surface area contributed by atoms with E-state index in [9.17, 15) is 4.39 Å². The van der Waals surface area contributed by atoms with Crippen molar-refractivity contribution in [1.29, 1.82) is 0 Å². The lowest BCUT2D eigenvalue weighted by atomic mass is 9.96. The van der Waals surface area contributed by atoms with Crippen molar-refractivity contribution in [1.82, 2.24) is 9.97 Å². The van der Waals surface area contributed by atoms with Crippen molar-refractivity contribution in [3.63, 3.8) is 0 Å². The zero-order chi connectivity index (χ0) is 16.2. The Hall–Kier alpha value is -2.20. The van der Waals surface area contributed by atoms with Gasteiger partial charge in [-0.3, -0.25) is 4.98 Å². The fraction of sp³-hybridized carbons (Fsp3) is 0.316. The number of pyridine rings is 1. The second-order valence-electron chi connectivity index (χ2n) is 6.06. The van der Waals surface area contributed by atoms with Crippen LogP contribution in [0.15, 0.2) is 48.9 Å². The lowest BCUT2D eigenvalue weighted by Crippen LogP contribution is -2.20. The van der Waals surface area contributed by atoms with E-state index in [1.807, 2.05) is 24.7 Å².